The number of ketones is 1. The highest BCUT2D eigenvalue weighted by Crippen LogP contribution is 2.33. The molecule has 0 aromatic heterocycles. The van der Waals surface area contributed by atoms with Crippen molar-refractivity contribution < 1.29 is 18.0 Å². The lowest BCUT2D eigenvalue weighted by atomic mass is 9.89. The molecule has 0 saturated heterocycles. The molecule has 2 N–H and O–H groups in total. The van der Waals surface area contributed by atoms with Crippen LogP contribution in [-0.2, 0) is 17.4 Å². The van der Waals surface area contributed by atoms with Gasteiger partial charge in [0.25, 0.3) is 0 Å². The number of carbonyl (C=O) groups excluding carboxylic acids is 1. The van der Waals surface area contributed by atoms with Crippen molar-refractivity contribution in [1.82, 2.24) is 0 Å². The highest BCUT2D eigenvalue weighted by molar-refractivity contribution is 5.97. The van der Waals surface area contributed by atoms with Crippen LogP contribution >= 0.6 is 0 Å². The Morgan fingerprint density at radius 3 is 2.47 bits per heavy atom. The van der Waals surface area contributed by atoms with E-state index in [1.807, 2.05) is 0 Å². The molecule has 2 nitrogen and oxygen atoms in total. The lowest BCUT2D eigenvalue weighted by Crippen LogP contribution is -2.19. The molecule has 19 heavy (non-hydrogen) atoms. The Bertz CT molecular complexity index is 532. The molecule has 1 aromatic rings. The van der Waals surface area contributed by atoms with E-state index in [0.29, 0.717) is 30.5 Å². The summed E-state index contributed by atoms with van der Waals surface area (Å²) in [4.78, 5) is 11.8. The number of benzene rings is 1. The Morgan fingerprint density at radius 1 is 1.16 bits per heavy atom. The van der Waals surface area contributed by atoms with Crippen LogP contribution < -0.4 is 5.73 Å². The summed E-state index contributed by atoms with van der Waals surface area (Å²) in [5.41, 5.74) is 5.91. The Morgan fingerprint density at radius 2 is 1.84 bits per heavy atom. The zero-order valence-electron chi connectivity index (χ0n) is 10.3. The van der Waals surface area contributed by atoms with Gasteiger partial charge in [-0.1, -0.05) is 18.2 Å². The fraction of sp³-hybridized carbons (Fsp3) is 0.357. The van der Waals surface area contributed by atoms with Crippen molar-refractivity contribution in [2.75, 3.05) is 0 Å². The number of nitrogens with two attached hydrogens (primary N) is 1. The molecule has 2 rings (SSSR count). The molecule has 5 heteroatoms. The highest BCUT2D eigenvalue weighted by atomic mass is 19.4. The molecule has 0 fully saturated rings. The monoisotopic (exact) mass is 269 g/mol. The van der Waals surface area contributed by atoms with Gasteiger partial charge < -0.3 is 5.73 Å². The molecule has 0 spiro atoms. The first-order chi connectivity index (χ1) is 8.89. The quantitative estimate of drug-likeness (QED) is 0.895. The maximum atomic E-state index is 12.9. The molecule has 0 bridgehead atoms. The number of Topliss-reactive ketones (excluding diaryl/α,β-unsaturated/α-hetero) is 1. The van der Waals surface area contributed by atoms with E-state index in [-0.39, 0.29) is 17.8 Å². The molecule has 102 valence electrons. The summed E-state index contributed by atoms with van der Waals surface area (Å²) in [6.45, 7) is 0. The smallest absolute Gasteiger partial charge is 0.402 e. The number of hydrogen-bond acceptors (Lipinski definition) is 2. The number of rotatable bonds is 2. The predicted octanol–water partition coefficient (Wildman–Crippen LogP) is 3.21. The molecule has 1 aliphatic rings. The summed E-state index contributed by atoms with van der Waals surface area (Å²) in [6.07, 6.45) is -2.83. The normalized spacial score (nSPS) is 16.9. The van der Waals surface area contributed by atoms with E-state index in [1.54, 1.807) is 0 Å². The van der Waals surface area contributed by atoms with Crippen LogP contribution in [0.4, 0.5) is 13.2 Å². The van der Waals surface area contributed by atoms with E-state index in [4.69, 9.17) is 5.73 Å². The maximum absolute atomic E-state index is 12.9. The predicted molar refractivity (Wildman–Crippen MR) is 65.2 cm³/mol. The van der Waals surface area contributed by atoms with Crippen LogP contribution in [0.3, 0.4) is 0 Å². The van der Waals surface area contributed by atoms with Crippen molar-refractivity contribution >= 4 is 5.78 Å². The Balaban J connectivity index is 2.37. The molecule has 0 amide bonds. The Labute approximate surface area is 109 Å². The molecule has 0 atom stereocenters. The first-order valence-electron chi connectivity index (χ1n) is 6.05. The van der Waals surface area contributed by atoms with Crippen LogP contribution in [0.15, 0.2) is 35.5 Å². The third kappa shape index (κ3) is 2.97. The third-order valence-electron chi connectivity index (χ3n) is 3.26. The fourth-order valence-electron chi connectivity index (χ4n) is 2.27. The van der Waals surface area contributed by atoms with E-state index in [0.717, 1.165) is 6.07 Å². The number of halogens is 3. The third-order valence-corrected chi connectivity index (χ3v) is 3.26. The van der Waals surface area contributed by atoms with Gasteiger partial charge in [-0.15, -0.1) is 0 Å². The van der Waals surface area contributed by atoms with Gasteiger partial charge in [-0.3, -0.25) is 4.79 Å². The summed E-state index contributed by atoms with van der Waals surface area (Å²) in [6, 6.07) is 5.30. The SMILES string of the molecule is NC1=C(Cc2ccccc2C(F)(F)F)C(=O)CCC1. The van der Waals surface area contributed by atoms with Crippen molar-refractivity contribution in [3.05, 3.63) is 46.7 Å². The van der Waals surface area contributed by atoms with Crippen LogP contribution in [0.1, 0.15) is 30.4 Å². The van der Waals surface area contributed by atoms with E-state index in [2.05, 4.69) is 0 Å². The molecule has 0 aliphatic heterocycles. The van der Waals surface area contributed by atoms with Crippen molar-refractivity contribution in [2.45, 2.75) is 31.9 Å². The van der Waals surface area contributed by atoms with Gasteiger partial charge in [-0.25, -0.2) is 0 Å². The zero-order chi connectivity index (χ0) is 14.0. The van der Waals surface area contributed by atoms with Crippen molar-refractivity contribution in [2.24, 2.45) is 5.73 Å². The van der Waals surface area contributed by atoms with Crippen molar-refractivity contribution in [1.29, 1.82) is 0 Å². The number of alkyl halides is 3. The molecule has 0 unspecified atom stereocenters. The first-order valence-corrected chi connectivity index (χ1v) is 6.05. The summed E-state index contributed by atoms with van der Waals surface area (Å²) in [7, 11) is 0. The van der Waals surface area contributed by atoms with Crippen LogP contribution in [0.5, 0.6) is 0 Å². The van der Waals surface area contributed by atoms with Crippen LogP contribution in [0, 0.1) is 0 Å². The first kappa shape index (κ1) is 13.6. The van der Waals surface area contributed by atoms with Crippen molar-refractivity contribution in [3.8, 4) is 0 Å². The minimum atomic E-state index is -4.41. The van der Waals surface area contributed by atoms with E-state index in [1.165, 1.54) is 18.2 Å². The van der Waals surface area contributed by atoms with E-state index < -0.39 is 11.7 Å². The van der Waals surface area contributed by atoms with E-state index in [9.17, 15) is 18.0 Å². The topological polar surface area (TPSA) is 43.1 Å². The Hall–Kier alpha value is -1.78. The van der Waals surface area contributed by atoms with Gasteiger partial charge in [0.2, 0.25) is 0 Å². The number of allylic oxidation sites excluding steroid dienone is 2. The molecular weight excluding hydrogens is 255 g/mol. The lowest BCUT2D eigenvalue weighted by molar-refractivity contribution is -0.138. The molecular formula is C14H14F3NO. The maximum Gasteiger partial charge on any atom is 0.416 e. The molecule has 0 radical (unpaired) electrons. The van der Waals surface area contributed by atoms with E-state index >= 15 is 0 Å². The zero-order valence-corrected chi connectivity index (χ0v) is 10.3. The minimum Gasteiger partial charge on any atom is -0.402 e. The lowest BCUT2D eigenvalue weighted by Gasteiger charge is -2.18. The van der Waals surface area contributed by atoms with Gasteiger partial charge in [0.05, 0.1) is 5.56 Å². The average Bonchev–Trinajstić information content (AvgIpc) is 2.33. The highest BCUT2D eigenvalue weighted by Gasteiger charge is 2.33. The molecule has 0 heterocycles. The summed E-state index contributed by atoms with van der Waals surface area (Å²) in [5.74, 6) is -0.138. The molecule has 0 saturated carbocycles. The van der Waals surface area contributed by atoms with Gasteiger partial charge in [-0.2, -0.15) is 13.2 Å². The van der Waals surface area contributed by atoms with Gasteiger partial charge in [-0.05, 0) is 24.5 Å². The average molecular weight is 269 g/mol. The second-order valence-electron chi connectivity index (χ2n) is 4.61. The standard InChI is InChI=1S/C14H14F3NO/c15-14(16,17)11-5-2-1-4-9(11)8-10-12(18)6-3-7-13(10)19/h1-2,4-5H,3,6-8,18H2. The van der Waals surface area contributed by atoms with Crippen molar-refractivity contribution in [3.63, 3.8) is 0 Å². The van der Waals surface area contributed by atoms with Gasteiger partial charge >= 0.3 is 6.18 Å². The largest absolute Gasteiger partial charge is 0.416 e. The summed E-state index contributed by atoms with van der Waals surface area (Å²) >= 11 is 0. The fourth-order valence-corrected chi connectivity index (χ4v) is 2.27. The second kappa shape index (κ2) is 5.07. The second-order valence-corrected chi connectivity index (χ2v) is 4.61. The number of hydrogen-bond donors (Lipinski definition) is 1. The minimum absolute atomic E-state index is 0.0413. The number of carbonyl (C=O) groups is 1. The van der Waals surface area contributed by atoms with Crippen LogP contribution in [-0.4, -0.2) is 5.78 Å². The summed E-state index contributed by atoms with van der Waals surface area (Å²) in [5, 5.41) is 0. The molecule has 1 aromatic carbocycles. The van der Waals surface area contributed by atoms with Crippen LogP contribution in [0.2, 0.25) is 0 Å². The van der Waals surface area contributed by atoms with Gasteiger partial charge in [0.1, 0.15) is 0 Å². The summed E-state index contributed by atoms with van der Waals surface area (Å²) < 4.78 is 38.6. The van der Waals surface area contributed by atoms with Crippen LogP contribution in [0.25, 0.3) is 0 Å². The molecule has 1 aliphatic carbocycles. The van der Waals surface area contributed by atoms with Gasteiger partial charge in [0, 0.05) is 24.1 Å². The Kier molecular flexibility index (Phi) is 3.64. The van der Waals surface area contributed by atoms with Gasteiger partial charge in [0.15, 0.2) is 5.78 Å².